The minimum Gasteiger partial charge on any atom is -0.378 e. The van der Waals surface area contributed by atoms with Crippen molar-refractivity contribution in [2.45, 2.75) is 37.9 Å². The van der Waals surface area contributed by atoms with Crippen molar-refractivity contribution in [1.82, 2.24) is 4.31 Å². The molecule has 1 aliphatic rings. The van der Waals surface area contributed by atoms with Crippen LogP contribution in [0.2, 0.25) is 0 Å². The molecule has 1 heterocycles. The standard InChI is InChI=1S/C21H26N2O4S/c1-15-6-4-8-19(10-15)22-12-21(24)18-7-5-9-20(11-18)28(25,26)23-13-16(2)27-17(3)14-23/h4-11,16-17,22H,12-14H2,1-3H3. The number of nitrogens with zero attached hydrogens (tertiary/aromatic N) is 1. The van der Waals surface area contributed by atoms with E-state index in [1.54, 1.807) is 12.1 Å². The van der Waals surface area contributed by atoms with E-state index in [9.17, 15) is 13.2 Å². The fourth-order valence-corrected chi connectivity index (χ4v) is 4.98. The molecule has 0 aromatic heterocycles. The summed E-state index contributed by atoms with van der Waals surface area (Å²) in [6.07, 6.45) is -0.330. The van der Waals surface area contributed by atoms with Crippen LogP contribution in [0.3, 0.4) is 0 Å². The Balaban J connectivity index is 1.74. The number of carbonyl (C=O) groups is 1. The Morgan fingerprint density at radius 2 is 1.79 bits per heavy atom. The maximum atomic E-state index is 13.0. The monoisotopic (exact) mass is 402 g/mol. The highest BCUT2D eigenvalue weighted by atomic mass is 32.2. The van der Waals surface area contributed by atoms with Crippen molar-refractivity contribution in [3.8, 4) is 0 Å². The van der Waals surface area contributed by atoms with Crippen molar-refractivity contribution in [2.24, 2.45) is 0 Å². The van der Waals surface area contributed by atoms with Crippen LogP contribution in [-0.4, -0.2) is 50.3 Å². The fraction of sp³-hybridized carbons (Fsp3) is 0.381. The van der Waals surface area contributed by atoms with Crippen LogP contribution < -0.4 is 5.32 Å². The molecule has 2 unspecified atom stereocenters. The van der Waals surface area contributed by atoms with Crippen LogP contribution in [0.1, 0.15) is 29.8 Å². The van der Waals surface area contributed by atoms with E-state index in [4.69, 9.17) is 4.74 Å². The van der Waals surface area contributed by atoms with Gasteiger partial charge in [-0.05, 0) is 50.6 Å². The summed E-state index contributed by atoms with van der Waals surface area (Å²) in [6, 6.07) is 14.0. The first kappa shape index (κ1) is 20.5. The fourth-order valence-electron chi connectivity index (χ4n) is 3.35. The van der Waals surface area contributed by atoms with E-state index in [1.165, 1.54) is 16.4 Å². The van der Waals surface area contributed by atoms with Crippen LogP contribution in [0.25, 0.3) is 0 Å². The summed E-state index contributed by atoms with van der Waals surface area (Å²) in [5.41, 5.74) is 2.32. The summed E-state index contributed by atoms with van der Waals surface area (Å²) in [7, 11) is -3.68. The van der Waals surface area contributed by atoms with Crippen LogP contribution >= 0.6 is 0 Å². The zero-order chi connectivity index (χ0) is 20.3. The summed E-state index contributed by atoms with van der Waals surface area (Å²) in [5, 5.41) is 3.09. The van der Waals surface area contributed by atoms with Crippen molar-refractivity contribution in [3.63, 3.8) is 0 Å². The SMILES string of the molecule is Cc1cccc(NCC(=O)c2cccc(S(=O)(=O)N3CC(C)OC(C)C3)c2)c1. The van der Waals surface area contributed by atoms with Crippen molar-refractivity contribution < 1.29 is 17.9 Å². The van der Waals surface area contributed by atoms with E-state index in [0.29, 0.717) is 18.7 Å². The van der Waals surface area contributed by atoms with E-state index >= 15 is 0 Å². The molecule has 1 saturated heterocycles. The van der Waals surface area contributed by atoms with Gasteiger partial charge < -0.3 is 10.1 Å². The lowest BCUT2D eigenvalue weighted by atomic mass is 10.1. The van der Waals surface area contributed by atoms with Gasteiger partial charge in [0.1, 0.15) is 0 Å². The topological polar surface area (TPSA) is 75.7 Å². The molecule has 1 aliphatic heterocycles. The zero-order valence-corrected chi connectivity index (χ0v) is 17.2. The third-order valence-electron chi connectivity index (χ3n) is 4.65. The molecule has 0 aliphatic carbocycles. The maximum absolute atomic E-state index is 13.0. The second-order valence-corrected chi connectivity index (χ2v) is 9.19. The van der Waals surface area contributed by atoms with Crippen molar-refractivity contribution in [2.75, 3.05) is 25.0 Å². The normalized spacial score (nSPS) is 20.7. The summed E-state index contributed by atoms with van der Waals surface area (Å²) in [6.45, 7) is 6.40. The minimum absolute atomic E-state index is 0.0958. The Bertz CT molecular complexity index is 948. The predicted octanol–water partition coefficient (Wildman–Crippen LogP) is 3.09. The Kier molecular flexibility index (Phi) is 6.17. The van der Waals surface area contributed by atoms with Gasteiger partial charge in [-0.3, -0.25) is 4.79 Å². The molecule has 1 fully saturated rings. The number of anilines is 1. The Hall–Kier alpha value is -2.22. The number of hydrogen-bond acceptors (Lipinski definition) is 5. The van der Waals surface area contributed by atoms with Gasteiger partial charge in [-0.2, -0.15) is 4.31 Å². The number of hydrogen-bond donors (Lipinski definition) is 1. The van der Waals surface area contributed by atoms with Gasteiger partial charge in [0, 0.05) is 24.3 Å². The van der Waals surface area contributed by atoms with Gasteiger partial charge in [0.25, 0.3) is 0 Å². The van der Waals surface area contributed by atoms with Crippen LogP contribution in [0.5, 0.6) is 0 Å². The summed E-state index contributed by atoms with van der Waals surface area (Å²) in [4.78, 5) is 12.7. The molecule has 7 heteroatoms. The van der Waals surface area contributed by atoms with Gasteiger partial charge in [0.15, 0.2) is 5.78 Å². The van der Waals surface area contributed by atoms with Gasteiger partial charge in [0.2, 0.25) is 10.0 Å². The Morgan fingerprint density at radius 3 is 2.46 bits per heavy atom. The van der Waals surface area contributed by atoms with E-state index < -0.39 is 10.0 Å². The number of ether oxygens (including phenoxy) is 1. The molecule has 1 N–H and O–H groups in total. The predicted molar refractivity (Wildman–Crippen MR) is 109 cm³/mol. The number of ketones is 1. The zero-order valence-electron chi connectivity index (χ0n) is 16.4. The smallest absolute Gasteiger partial charge is 0.243 e. The lowest BCUT2D eigenvalue weighted by Crippen LogP contribution is -2.48. The van der Waals surface area contributed by atoms with E-state index in [0.717, 1.165) is 11.3 Å². The highest BCUT2D eigenvalue weighted by Crippen LogP contribution is 2.22. The summed E-state index contributed by atoms with van der Waals surface area (Å²) < 4.78 is 33.1. The first-order chi connectivity index (χ1) is 13.3. The number of morpholine rings is 1. The molecule has 0 bridgehead atoms. The highest BCUT2D eigenvalue weighted by Gasteiger charge is 2.32. The van der Waals surface area contributed by atoms with Gasteiger partial charge in [-0.1, -0.05) is 24.3 Å². The Morgan fingerprint density at radius 1 is 1.11 bits per heavy atom. The molecule has 2 atom stereocenters. The third-order valence-corrected chi connectivity index (χ3v) is 6.48. The van der Waals surface area contributed by atoms with Crippen molar-refractivity contribution in [3.05, 3.63) is 59.7 Å². The van der Waals surface area contributed by atoms with Gasteiger partial charge in [-0.15, -0.1) is 0 Å². The van der Waals surface area contributed by atoms with Crippen molar-refractivity contribution >= 4 is 21.5 Å². The van der Waals surface area contributed by atoms with E-state index in [1.807, 2.05) is 45.0 Å². The van der Waals surface area contributed by atoms with Crippen LogP contribution in [0.15, 0.2) is 53.4 Å². The molecule has 28 heavy (non-hydrogen) atoms. The average Bonchev–Trinajstić information content (AvgIpc) is 2.65. The lowest BCUT2D eigenvalue weighted by Gasteiger charge is -2.34. The highest BCUT2D eigenvalue weighted by molar-refractivity contribution is 7.89. The third kappa shape index (κ3) is 4.79. The molecular formula is C21H26N2O4S. The van der Waals surface area contributed by atoms with Crippen LogP contribution in [0, 0.1) is 6.92 Å². The number of carbonyl (C=O) groups excluding carboxylic acids is 1. The maximum Gasteiger partial charge on any atom is 0.243 e. The number of sulfonamides is 1. The first-order valence-corrected chi connectivity index (χ1v) is 10.8. The van der Waals surface area contributed by atoms with Gasteiger partial charge in [0.05, 0.1) is 23.6 Å². The van der Waals surface area contributed by atoms with Crippen LogP contribution in [0.4, 0.5) is 5.69 Å². The molecule has 6 nitrogen and oxygen atoms in total. The number of benzene rings is 2. The number of rotatable bonds is 6. The Labute approximate surface area is 166 Å². The molecule has 0 spiro atoms. The number of Topliss-reactive ketones (excluding diaryl/α,β-unsaturated/α-hetero) is 1. The van der Waals surface area contributed by atoms with Crippen LogP contribution in [-0.2, 0) is 14.8 Å². The van der Waals surface area contributed by atoms with E-state index in [-0.39, 0.29) is 29.4 Å². The lowest BCUT2D eigenvalue weighted by molar-refractivity contribution is -0.0440. The summed E-state index contributed by atoms with van der Waals surface area (Å²) >= 11 is 0. The molecule has 0 radical (unpaired) electrons. The quantitative estimate of drug-likeness (QED) is 0.752. The van der Waals surface area contributed by atoms with Gasteiger partial charge in [-0.25, -0.2) is 8.42 Å². The number of nitrogens with one attached hydrogen (secondary N) is 1. The second-order valence-electron chi connectivity index (χ2n) is 7.25. The molecule has 3 rings (SSSR count). The molecule has 0 saturated carbocycles. The molecular weight excluding hydrogens is 376 g/mol. The molecule has 2 aromatic carbocycles. The molecule has 150 valence electrons. The average molecular weight is 403 g/mol. The minimum atomic E-state index is -3.68. The molecule has 2 aromatic rings. The number of aryl methyl sites for hydroxylation is 1. The van der Waals surface area contributed by atoms with Gasteiger partial charge >= 0.3 is 0 Å². The second kappa shape index (κ2) is 8.43. The largest absolute Gasteiger partial charge is 0.378 e. The summed E-state index contributed by atoms with van der Waals surface area (Å²) in [5.74, 6) is -0.165. The van der Waals surface area contributed by atoms with E-state index in [2.05, 4.69) is 5.32 Å². The van der Waals surface area contributed by atoms with Crippen molar-refractivity contribution in [1.29, 1.82) is 0 Å². The first-order valence-electron chi connectivity index (χ1n) is 9.35. The molecule has 0 amide bonds.